The molecule has 21 heavy (non-hydrogen) atoms. The van der Waals surface area contributed by atoms with Gasteiger partial charge in [-0.2, -0.15) is 0 Å². The molecule has 0 saturated carbocycles. The number of aliphatic carboxylic acids is 1. The van der Waals surface area contributed by atoms with Gasteiger partial charge in [0.2, 0.25) is 0 Å². The summed E-state index contributed by atoms with van der Waals surface area (Å²) in [5, 5.41) is 11.2. The monoisotopic (exact) mass is 316 g/mol. The minimum atomic E-state index is -1.000. The molecule has 0 fully saturated rings. The van der Waals surface area contributed by atoms with E-state index in [4.69, 9.17) is 15.6 Å². The van der Waals surface area contributed by atoms with E-state index in [1.807, 2.05) is 30.3 Å². The van der Waals surface area contributed by atoms with Crippen molar-refractivity contribution in [3.63, 3.8) is 0 Å². The number of halogens is 1. The molecular weight excluding hydrogens is 296 g/mol. The molecule has 0 heterocycles. The van der Waals surface area contributed by atoms with Gasteiger partial charge in [-0.15, -0.1) is 12.4 Å². The maximum atomic E-state index is 11.4. The van der Waals surface area contributed by atoms with E-state index in [9.17, 15) is 9.59 Å². The van der Waals surface area contributed by atoms with Crippen LogP contribution in [0.5, 0.6) is 0 Å². The first-order chi connectivity index (χ1) is 9.59. The topological polar surface area (TPSA) is 102 Å². The van der Waals surface area contributed by atoms with Gasteiger partial charge < -0.3 is 20.9 Å². The predicted octanol–water partition coefficient (Wildman–Crippen LogP) is 1.92. The van der Waals surface area contributed by atoms with Crippen LogP contribution in [0, 0.1) is 0 Å². The van der Waals surface area contributed by atoms with Gasteiger partial charge in [-0.1, -0.05) is 30.3 Å². The molecule has 0 saturated heterocycles. The van der Waals surface area contributed by atoms with Crippen LogP contribution in [0.25, 0.3) is 0 Å². The molecule has 1 atom stereocenters. The number of hydrogen-bond acceptors (Lipinski definition) is 4. The third-order valence-electron chi connectivity index (χ3n) is 2.74. The fourth-order valence-electron chi connectivity index (χ4n) is 1.58. The van der Waals surface area contributed by atoms with Crippen LogP contribution in [-0.4, -0.2) is 29.8 Å². The number of carbonyl (C=O) groups excluding carboxylic acids is 1. The second-order valence-electron chi connectivity index (χ2n) is 4.43. The maximum absolute atomic E-state index is 11.4. The van der Waals surface area contributed by atoms with Crippen LogP contribution in [0.2, 0.25) is 0 Å². The normalized spacial score (nSPS) is 11.1. The Kier molecular flexibility index (Phi) is 10.0. The van der Waals surface area contributed by atoms with Gasteiger partial charge in [0.15, 0.2) is 0 Å². The molecule has 1 aromatic rings. The fourth-order valence-corrected chi connectivity index (χ4v) is 1.58. The van der Waals surface area contributed by atoms with Crippen molar-refractivity contribution in [3.8, 4) is 0 Å². The molecule has 1 aromatic carbocycles. The van der Waals surface area contributed by atoms with E-state index < -0.39 is 18.1 Å². The molecule has 0 bridgehead atoms. The molecule has 0 aliphatic rings. The lowest BCUT2D eigenvalue weighted by molar-refractivity contribution is -0.138. The number of benzene rings is 1. The lowest BCUT2D eigenvalue weighted by Crippen LogP contribution is -2.30. The van der Waals surface area contributed by atoms with Crippen LogP contribution in [0.15, 0.2) is 30.3 Å². The van der Waals surface area contributed by atoms with Gasteiger partial charge in [-0.25, -0.2) is 4.79 Å². The summed E-state index contributed by atoms with van der Waals surface area (Å²) >= 11 is 0. The van der Waals surface area contributed by atoms with Crippen molar-refractivity contribution in [2.75, 3.05) is 6.54 Å². The van der Waals surface area contributed by atoms with Gasteiger partial charge in [0.25, 0.3) is 0 Å². The number of carbonyl (C=O) groups is 2. The summed E-state index contributed by atoms with van der Waals surface area (Å²) in [6, 6.07) is 8.57. The third-order valence-corrected chi connectivity index (χ3v) is 2.74. The number of hydrogen-bond donors (Lipinski definition) is 3. The number of unbranched alkanes of at least 4 members (excludes halogenated alkanes) is 1. The van der Waals surface area contributed by atoms with Gasteiger partial charge in [-0.05, 0) is 24.8 Å². The Morgan fingerprint density at radius 2 is 1.90 bits per heavy atom. The number of nitrogens with one attached hydrogen (secondary N) is 1. The number of carboxylic acids is 1. The summed E-state index contributed by atoms with van der Waals surface area (Å²) in [7, 11) is 0. The molecule has 0 aromatic heterocycles. The Labute approximate surface area is 130 Å². The number of carboxylic acid groups (broad SMARTS) is 1. The molecule has 0 aliphatic carbocycles. The highest BCUT2D eigenvalue weighted by Crippen LogP contribution is 2.01. The van der Waals surface area contributed by atoms with Crippen LogP contribution in [0.3, 0.4) is 0 Å². The molecule has 118 valence electrons. The van der Waals surface area contributed by atoms with Gasteiger partial charge >= 0.3 is 12.1 Å². The average Bonchev–Trinajstić information content (AvgIpc) is 2.45. The molecule has 1 rings (SSSR count). The smallest absolute Gasteiger partial charge is 0.407 e. The molecule has 1 amide bonds. The van der Waals surface area contributed by atoms with E-state index in [0.29, 0.717) is 25.8 Å². The van der Waals surface area contributed by atoms with E-state index in [-0.39, 0.29) is 19.0 Å². The molecule has 0 unspecified atom stereocenters. The highest BCUT2D eigenvalue weighted by molar-refractivity contribution is 5.85. The molecule has 6 nitrogen and oxygen atoms in total. The van der Waals surface area contributed by atoms with E-state index in [1.54, 1.807) is 0 Å². The number of rotatable bonds is 8. The summed E-state index contributed by atoms with van der Waals surface area (Å²) in [6.45, 7) is 0.677. The van der Waals surface area contributed by atoms with Gasteiger partial charge in [0.1, 0.15) is 12.6 Å². The van der Waals surface area contributed by atoms with Crippen LogP contribution in [-0.2, 0) is 16.1 Å². The van der Waals surface area contributed by atoms with E-state index in [0.717, 1.165) is 5.56 Å². The first-order valence-corrected chi connectivity index (χ1v) is 6.52. The minimum absolute atomic E-state index is 0. The number of ether oxygens (including phenoxy) is 1. The molecule has 7 heteroatoms. The van der Waals surface area contributed by atoms with Crippen molar-refractivity contribution in [1.29, 1.82) is 0 Å². The highest BCUT2D eigenvalue weighted by atomic mass is 35.5. The fraction of sp³-hybridized carbons (Fsp3) is 0.429. The zero-order chi connectivity index (χ0) is 14.8. The van der Waals surface area contributed by atoms with Crippen molar-refractivity contribution >= 4 is 24.5 Å². The summed E-state index contributed by atoms with van der Waals surface area (Å²) in [5.74, 6) is -1.000. The predicted molar refractivity (Wildman–Crippen MR) is 81.3 cm³/mol. The Morgan fingerprint density at radius 3 is 2.52 bits per heavy atom. The van der Waals surface area contributed by atoms with Crippen molar-refractivity contribution < 1.29 is 19.4 Å². The van der Waals surface area contributed by atoms with Crippen LogP contribution in [0.4, 0.5) is 4.79 Å². The Hall–Kier alpha value is -1.79. The van der Waals surface area contributed by atoms with Crippen molar-refractivity contribution in [1.82, 2.24) is 5.32 Å². The van der Waals surface area contributed by atoms with Crippen molar-refractivity contribution in [2.24, 2.45) is 5.73 Å². The first-order valence-electron chi connectivity index (χ1n) is 6.52. The van der Waals surface area contributed by atoms with Crippen LogP contribution in [0.1, 0.15) is 24.8 Å². The largest absolute Gasteiger partial charge is 0.480 e. The van der Waals surface area contributed by atoms with Gasteiger partial charge in [0.05, 0.1) is 0 Å². The van der Waals surface area contributed by atoms with Crippen molar-refractivity contribution in [3.05, 3.63) is 35.9 Å². The van der Waals surface area contributed by atoms with E-state index >= 15 is 0 Å². The quantitative estimate of drug-likeness (QED) is 0.636. The second kappa shape index (κ2) is 10.9. The second-order valence-corrected chi connectivity index (χ2v) is 4.43. The molecular formula is C14H21ClN2O4. The van der Waals surface area contributed by atoms with Gasteiger partial charge in [0, 0.05) is 6.54 Å². The standard InChI is InChI=1S/C14H20N2O4.ClH/c15-12(13(17)18)8-4-5-9-16-14(19)20-10-11-6-2-1-3-7-11;/h1-3,6-7,12H,4-5,8-10,15H2,(H,16,19)(H,17,18);1H/t12-;/m1./s1. The number of alkyl carbamates (subject to hydrolysis) is 1. The van der Waals surface area contributed by atoms with E-state index in [2.05, 4.69) is 5.32 Å². The van der Waals surface area contributed by atoms with Crippen LogP contribution < -0.4 is 11.1 Å². The molecule has 0 aliphatic heterocycles. The zero-order valence-corrected chi connectivity index (χ0v) is 12.5. The number of amides is 1. The summed E-state index contributed by atoms with van der Waals surface area (Å²) < 4.78 is 5.03. The summed E-state index contributed by atoms with van der Waals surface area (Å²) in [5.41, 5.74) is 6.29. The minimum Gasteiger partial charge on any atom is -0.480 e. The summed E-state index contributed by atoms with van der Waals surface area (Å²) in [4.78, 5) is 21.8. The zero-order valence-electron chi connectivity index (χ0n) is 11.7. The molecule has 4 N–H and O–H groups in total. The number of nitrogens with two attached hydrogens (primary N) is 1. The van der Waals surface area contributed by atoms with Crippen LogP contribution >= 0.6 is 12.4 Å². The Morgan fingerprint density at radius 1 is 1.24 bits per heavy atom. The molecule has 0 spiro atoms. The lowest BCUT2D eigenvalue weighted by Gasteiger charge is -2.08. The first kappa shape index (κ1) is 19.2. The van der Waals surface area contributed by atoms with E-state index in [1.165, 1.54) is 0 Å². The molecule has 0 radical (unpaired) electrons. The SMILES string of the molecule is Cl.N[C@H](CCCCNC(=O)OCc1ccccc1)C(=O)O. The summed E-state index contributed by atoms with van der Waals surface area (Å²) in [6.07, 6.45) is 1.24. The lowest BCUT2D eigenvalue weighted by atomic mass is 10.1. The van der Waals surface area contributed by atoms with Crippen molar-refractivity contribution in [2.45, 2.75) is 31.9 Å². The highest BCUT2D eigenvalue weighted by Gasteiger charge is 2.10. The van der Waals surface area contributed by atoms with Gasteiger partial charge in [-0.3, -0.25) is 4.79 Å². The Bertz CT molecular complexity index is 428. The third kappa shape index (κ3) is 8.88. The maximum Gasteiger partial charge on any atom is 0.407 e. The Balaban J connectivity index is 0.00000400. The average molecular weight is 317 g/mol.